The fourth-order valence-electron chi connectivity index (χ4n) is 2.20. The van der Waals surface area contributed by atoms with Crippen LogP contribution in [0.25, 0.3) is 22.1 Å². The molecule has 0 bridgehead atoms. The monoisotopic (exact) mass is 262 g/mol. The molecule has 96 valence electrons. The van der Waals surface area contributed by atoms with Crippen molar-refractivity contribution in [2.45, 2.75) is 12.8 Å². The van der Waals surface area contributed by atoms with Gasteiger partial charge in [-0.3, -0.25) is 10.2 Å². The zero-order valence-electron chi connectivity index (χ0n) is 10.5. The van der Waals surface area contributed by atoms with Crippen LogP contribution in [0.2, 0.25) is 0 Å². The van der Waals surface area contributed by atoms with Crippen molar-refractivity contribution in [1.29, 1.82) is 0 Å². The number of hydrogen-bond acceptors (Lipinski definition) is 4. The molecule has 2 radical (unpaired) electrons. The first-order chi connectivity index (χ1) is 9.88. The summed E-state index contributed by atoms with van der Waals surface area (Å²) in [6.07, 6.45) is 1.76. The van der Waals surface area contributed by atoms with Gasteiger partial charge in [0.05, 0.1) is 11.0 Å². The number of nitrogens with zero attached hydrogens (tertiary/aromatic N) is 4. The fraction of sp³-hybridized carbons (Fsp3) is 0.143. The van der Waals surface area contributed by atoms with Crippen LogP contribution in [0.4, 0.5) is 0 Å². The van der Waals surface area contributed by atoms with Crippen LogP contribution in [-0.4, -0.2) is 30.8 Å². The highest BCUT2D eigenvalue weighted by Gasteiger charge is 2.03. The van der Waals surface area contributed by atoms with Crippen molar-refractivity contribution in [2.75, 3.05) is 0 Å². The average Bonchev–Trinajstić information content (AvgIpc) is 3.12. The molecule has 0 saturated heterocycles. The Morgan fingerprint density at radius 2 is 1.25 bits per heavy atom. The van der Waals surface area contributed by atoms with E-state index in [0.29, 0.717) is 0 Å². The molecule has 20 heavy (non-hydrogen) atoms. The quantitative estimate of drug-likeness (QED) is 0.587. The number of aromatic amines is 2. The predicted molar refractivity (Wildman–Crippen MR) is 72.9 cm³/mol. The molecule has 0 spiro atoms. The van der Waals surface area contributed by atoms with Crippen LogP contribution in [0.1, 0.15) is 11.1 Å². The number of H-pyrrole nitrogens is 2. The molecular weight excluding hydrogens is 252 g/mol. The van der Waals surface area contributed by atoms with Gasteiger partial charge in [-0.2, -0.15) is 0 Å². The molecule has 2 heterocycles. The predicted octanol–water partition coefficient (Wildman–Crippen LogP) is 1.61. The number of hydrogen-bond donors (Lipinski definition) is 2. The molecule has 6 nitrogen and oxygen atoms in total. The van der Waals surface area contributed by atoms with Crippen molar-refractivity contribution in [3.63, 3.8) is 0 Å². The molecule has 0 amide bonds. The van der Waals surface area contributed by atoms with Gasteiger partial charge in [0, 0.05) is 12.1 Å². The van der Waals surface area contributed by atoms with E-state index < -0.39 is 0 Å². The Balaban J connectivity index is 1.56. The van der Waals surface area contributed by atoms with Crippen LogP contribution in [0.3, 0.4) is 0 Å². The summed E-state index contributed by atoms with van der Waals surface area (Å²) in [7, 11) is 0. The molecule has 4 rings (SSSR count). The zero-order chi connectivity index (χ0) is 13.4. The Morgan fingerprint density at radius 1 is 0.750 bits per heavy atom. The first-order valence-electron chi connectivity index (χ1n) is 6.32. The van der Waals surface area contributed by atoms with Gasteiger partial charge in [-0.25, -0.2) is 0 Å². The van der Waals surface area contributed by atoms with E-state index in [4.69, 9.17) is 0 Å². The van der Waals surface area contributed by atoms with E-state index in [1.165, 1.54) is 0 Å². The topological polar surface area (TPSA) is 83.1 Å². The van der Waals surface area contributed by atoms with Crippen molar-refractivity contribution in [3.05, 3.63) is 47.5 Å². The number of aryl methyl sites for hydroxylation is 2. The van der Waals surface area contributed by atoms with Gasteiger partial charge in [-0.1, -0.05) is 22.6 Å². The Bertz CT molecular complexity index is 801. The van der Waals surface area contributed by atoms with Crippen molar-refractivity contribution in [2.24, 2.45) is 0 Å². The maximum Gasteiger partial charge on any atom is 0.121 e. The number of fused-ring (bicyclic) bond motifs is 2. The maximum atomic E-state index is 3.98. The van der Waals surface area contributed by atoms with E-state index in [1.807, 2.05) is 24.3 Å². The van der Waals surface area contributed by atoms with Crippen LogP contribution in [0.15, 0.2) is 24.3 Å². The van der Waals surface area contributed by atoms with Gasteiger partial charge in [-0.15, -0.1) is 10.2 Å². The summed E-state index contributed by atoms with van der Waals surface area (Å²) in [6.45, 7) is 0. The molecule has 0 unspecified atom stereocenters. The van der Waals surface area contributed by atoms with Crippen LogP contribution < -0.4 is 0 Å². The highest BCUT2D eigenvalue weighted by Crippen LogP contribution is 2.14. The minimum Gasteiger partial charge on any atom is -0.258 e. The zero-order valence-corrected chi connectivity index (χ0v) is 10.5. The first kappa shape index (κ1) is 11.1. The van der Waals surface area contributed by atoms with Crippen LogP contribution >= 0.6 is 0 Å². The lowest BCUT2D eigenvalue weighted by atomic mass is 10.0. The van der Waals surface area contributed by atoms with E-state index >= 15 is 0 Å². The van der Waals surface area contributed by atoms with Crippen LogP contribution in [0.5, 0.6) is 0 Å². The third-order valence-corrected chi connectivity index (χ3v) is 3.28. The van der Waals surface area contributed by atoms with E-state index in [2.05, 4.69) is 43.0 Å². The van der Waals surface area contributed by atoms with E-state index in [9.17, 15) is 0 Å². The lowest BCUT2D eigenvalue weighted by Crippen LogP contribution is -1.92. The highest BCUT2D eigenvalue weighted by atomic mass is 15.3. The van der Waals surface area contributed by atoms with Crippen LogP contribution in [0, 0.1) is 12.1 Å². The smallest absolute Gasteiger partial charge is 0.121 e. The average molecular weight is 262 g/mol. The van der Waals surface area contributed by atoms with Gasteiger partial charge in [0.1, 0.15) is 11.0 Å². The largest absolute Gasteiger partial charge is 0.258 e. The summed E-state index contributed by atoms with van der Waals surface area (Å²) in [4.78, 5) is 0. The molecule has 6 heteroatoms. The summed E-state index contributed by atoms with van der Waals surface area (Å²) < 4.78 is 0. The molecule has 0 saturated carbocycles. The minimum atomic E-state index is 0.776. The Hall–Kier alpha value is -2.76. The molecule has 0 fully saturated rings. The normalized spacial score (nSPS) is 11.4. The van der Waals surface area contributed by atoms with Gasteiger partial charge in [-0.05, 0) is 36.1 Å². The lowest BCUT2D eigenvalue weighted by molar-refractivity contribution is 0.951. The van der Waals surface area contributed by atoms with Gasteiger partial charge in [0.2, 0.25) is 0 Å². The molecule has 0 aliphatic carbocycles. The van der Waals surface area contributed by atoms with Crippen molar-refractivity contribution >= 4 is 22.1 Å². The molecule has 2 N–H and O–H groups in total. The molecule has 0 aliphatic rings. The summed E-state index contributed by atoms with van der Waals surface area (Å²) in [5.74, 6) is 0. The van der Waals surface area contributed by atoms with Gasteiger partial charge < -0.3 is 0 Å². The molecule has 0 atom stereocenters. The third-order valence-electron chi connectivity index (χ3n) is 3.28. The highest BCUT2D eigenvalue weighted by molar-refractivity contribution is 5.74. The van der Waals surface area contributed by atoms with E-state index in [0.717, 1.165) is 46.0 Å². The first-order valence-corrected chi connectivity index (χ1v) is 6.32. The van der Waals surface area contributed by atoms with E-state index in [1.54, 1.807) is 0 Å². The second-order valence-corrected chi connectivity index (χ2v) is 4.62. The SMILES string of the molecule is [c]1c(CCc2[c]c3nn[nH]c3cc2)ccc2[nH]nnc12. The third kappa shape index (κ3) is 1.91. The Kier molecular flexibility index (Phi) is 2.45. The Labute approximate surface area is 114 Å². The summed E-state index contributed by atoms with van der Waals surface area (Å²) in [5, 5.41) is 21.1. The number of benzene rings is 2. The molecule has 2 aromatic heterocycles. The van der Waals surface area contributed by atoms with Gasteiger partial charge >= 0.3 is 0 Å². The fourth-order valence-corrected chi connectivity index (χ4v) is 2.20. The van der Waals surface area contributed by atoms with Crippen LogP contribution in [-0.2, 0) is 12.8 Å². The van der Waals surface area contributed by atoms with Gasteiger partial charge in [0.15, 0.2) is 0 Å². The summed E-state index contributed by atoms with van der Waals surface area (Å²) >= 11 is 0. The number of rotatable bonds is 3. The summed E-state index contributed by atoms with van der Waals surface area (Å²) in [6, 6.07) is 14.5. The van der Waals surface area contributed by atoms with Gasteiger partial charge in [0.25, 0.3) is 0 Å². The maximum absolute atomic E-state index is 3.98. The van der Waals surface area contributed by atoms with E-state index in [-0.39, 0.29) is 0 Å². The molecule has 4 aromatic rings. The standard InChI is InChI=1S/C14H10N6/c1(9-3-5-11-13(7-9)17-19-15-11)2-10-4-6-12-14(8-10)18-20-16-12/h3-6H,1-2H2,(H,15,17,19)(H,16,18,20). The lowest BCUT2D eigenvalue weighted by Gasteiger charge is -2.01. The second-order valence-electron chi connectivity index (χ2n) is 4.62. The number of aromatic nitrogens is 6. The van der Waals surface area contributed by atoms with Crippen molar-refractivity contribution < 1.29 is 0 Å². The minimum absolute atomic E-state index is 0.776. The summed E-state index contributed by atoms with van der Waals surface area (Å²) in [5.41, 5.74) is 5.59. The molecule has 0 aliphatic heterocycles. The Morgan fingerprint density at radius 3 is 1.75 bits per heavy atom. The van der Waals surface area contributed by atoms with Crippen molar-refractivity contribution in [1.82, 2.24) is 30.8 Å². The molecule has 2 aromatic carbocycles. The molecular formula is C14H10N6. The number of nitrogens with one attached hydrogen (secondary N) is 2. The second kappa shape index (κ2) is 4.41. The van der Waals surface area contributed by atoms with Crippen molar-refractivity contribution in [3.8, 4) is 0 Å².